The molecule has 7 heteroatoms. The zero-order valence-electron chi connectivity index (χ0n) is 9.21. The van der Waals surface area contributed by atoms with Crippen molar-refractivity contribution in [2.75, 3.05) is 11.9 Å². The third kappa shape index (κ3) is 4.47. The molecule has 0 saturated carbocycles. The van der Waals surface area contributed by atoms with E-state index in [4.69, 9.17) is 5.11 Å². The number of nitro benzene ring substituents is 1. The molecule has 7 nitrogen and oxygen atoms in total. The van der Waals surface area contributed by atoms with Crippen molar-refractivity contribution in [1.29, 1.82) is 0 Å². The van der Waals surface area contributed by atoms with Crippen molar-refractivity contribution in [2.24, 2.45) is 0 Å². The van der Waals surface area contributed by atoms with Gasteiger partial charge < -0.3 is 15.7 Å². The number of hydrogen-bond acceptors (Lipinski definition) is 4. The minimum atomic E-state index is -0.627. The van der Waals surface area contributed by atoms with Gasteiger partial charge in [0.25, 0.3) is 5.69 Å². The Kier molecular flexibility index (Phi) is 4.41. The van der Waals surface area contributed by atoms with Gasteiger partial charge in [-0.25, -0.2) is 4.79 Å². The number of hydrogen-bond donors (Lipinski definition) is 3. The maximum atomic E-state index is 11.3. The highest BCUT2D eigenvalue weighted by atomic mass is 16.6. The minimum absolute atomic E-state index is 0.0417. The van der Waals surface area contributed by atoms with Crippen LogP contribution >= 0.6 is 0 Å². The summed E-state index contributed by atoms with van der Waals surface area (Å²) in [5.74, 6) is 0. The third-order valence-electron chi connectivity index (χ3n) is 1.89. The standard InChI is InChI=1S/C10H13N3O4/c1-7(14)6-11-10(15)12-8-2-4-9(5-3-8)13(16)17/h2-5,7,14H,6H2,1H3,(H2,11,12,15). The predicted molar refractivity (Wildman–Crippen MR) is 61.8 cm³/mol. The van der Waals surface area contributed by atoms with Crippen molar-refractivity contribution in [3.63, 3.8) is 0 Å². The summed E-state index contributed by atoms with van der Waals surface area (Å²) < 4.78 is 0. The summed E-state index contributed by atoms with van der Waals surface area (Å²) in [6, 6.07) is 4.98. The van der Waals surface area contributed by atoms with Crippen LogP contribution in [0.2, 0.25) is 0 Å². The average Bonchev–Trinajstić information content (AvgIpc) is 2.27. The van der Waals surface area contributed by atoms with E-state index < -0.39 is 17.1 Å². The molecule has 1 aromatic carbocycles. The second-order valence-corrected chi connectivity index (χ2v) is 3.49. The van der Waals surface area contributed by atoms with Crippen LogP contribution in [-0.4, -0.2) is 28.7 Å². The van der Waals surface area contributed by atoms with Crippen LogP contribution in [0.4, 0.5) is 16.2 Å². The summed E-state index contributed by atoms with van der Waals surface area (Å²) in [6.45, 7) is 1.69. The molecule has 92 valence electrons. The highest BCUT2D eigenvalue weighted by molar-refractivity contribution is 5.89. The number of urea groups is 1. The lowest BCUT2D eigenvalue weighted by Crippen LogP contribution is -2.34. The summed E-state index contributed by atoms with van der Waals surface area (Å²) in [4.78, 5) is 21.1. The van der Waals surface area contributed by atoms with Crippen LogP contribution < -0.4 is 10.6 Å². The fourth-order valence-corrected chi connectivity index (χ4v) is 1.08. The van der Waals surface area contributed by atoms with E-state index >= 15 is 0 Å². The normalized spacial score (nSPS) is 11.6. The van der Waals surface area contributed by atoms with E-state index in [1.807, 2.05) is 0 Å². The van der Waals surface area contributed by atoms with Gasteiger partial charge in [0.05, 0.1) is 11.0 Å². The molecule has 17 heavy (non-hydrogen) atoms. The highest BCUT2D eigenvalue weighted by Gasteiger charge is 2.06. The number of aliphatic hydroxyl groups excluding tert-OH is 1. The van der Waals surface area contributed by atoms with Gasteiger partial charge in [0, 0.05) is 24.4 Å². The van der Waals surface area contributed by atoms with Crippen molar-refractivity contribution >= 4 is 17.4 Å². The Bertz CT molecular complexity index is 403. The molecule has 2 amide bonds. The molecule has 0 aromatic heterocycles. The smallest absolute Gasteiger partial charge is 0.319 e. The second kappa shape index (κ2) is 5.80. The van der Waals surface area contributed by atoms with Gasteiger partial charge in [-0.1, -0.05) is 0 Å². The molecule has 1 unspecified atom stereocenters. The molecule has 1 aromatic rings. The Morgan fingerprint density at radius 2 is 2.06 bits per heavy atom. The van der Waals surface area contributed by atoms with Crippen molar-refractivity contribution < 1.29 is 14.8 Å². The molecular formula is C10H13N3O4. The Hall–Kier alpha value is -2.15. The van der Waals surface area contributed by atoms with Crippen LogP contribution in [-0.2, 0) is 0 Å². The lowest BCUT2D eigenvalue weighted by molar-refractivity contribution is -0.384. The van der Waals surface area contributed by atoms with E-state index in [-0.39, 0.29) is 12.2 Å². The van der Waals surface area contributed by atoms with Gasteiger partial charge in [-0.3, -0.25) is 10.1 Å². The number of carbonyl (C=O) groups is 1. The first-order valence-corrected chi connectivity index (χ1v) is 4.96. The van der Waals surface area contributed by atoms with Crippen LogP contribution in [0.5, 0.6) is 0 Å². The monoisotopic (exact) mass is 239 g/mol. The van der Waals surface area contributed by atoms with Gasteiger partial charge in [-0.05, 0) is 19.1 Å². The SMILES string of the molecule is CC(O)CNC(=O)Nc1ccc([N+](=O)[O-])cc1. The number of rotatable bonds is 4. The number of nitro groups is 1. The Balaban J connectivity index is 2.51. The van der Waals surface area contributed by atoms with Gasteiger partial charge in [0.1, 0.15) is 0 Å². The van der Waals surface area contributed by atoms with Gasteiger partial charge in [-0.2, -0.15) is 0 Å². The zero-order chi connectivity index (χ0) is 12.8. The number of anilines is 1. The van der Waals surface area contributed by atoms with Crippen LogP contribution in [0.3, 0.4) is 0 Å². The van der Waals surface area contributed by atoms with Crippen LogP contribution in [0.25, 0.3) is 0 Å². The Morgan fingerprint density at radius 3 is 2.53 bits per heavy atom. The first-order valence-electron chi connectivity index (χ1n) is 4.96. The number of carbonyl (C=O) groups excluding carboxylic acids is 1. The van der Waals surface area contributed by atoms with Crippen molar-refractivity contribution in [2.45, 2.75) is 13.0 Å². The lowest BCUT2D eigenvalue weighted by atomic mass is 10.3. The Morgan fingerprint density at radius 1 is 1.47 bits per heavy atom. The van der Waals surface area contributed by atoms with Crippen molar-refractivity contribution in [3.8, 4) is 0 Å². The molecule has 0 bridgehead atoms. The molecule has 0 heterocycles. The number of aliphatic hydroxyl groups is 1. The lowest BCUT2D eigenvalue weighted by Gasteiger charge is -2.08. The molecule has 0 saturated heterocycles. The van der Waals surface area contributed by atoms with Gasteiger partial charge in [-0.15, -0.1) is 0 Å². The summed E-state index contributed by atoms with van der Waals surface area (Å²) in [5, 5.41) is 24.3. The van der Waals surface area contributed by atoms with Crippen molar-refractivity contribution in [3.05, 3.63) is 34.4 Å². The fourth-order valence-electron chi connectivity index (χ4n) is 1.08. The Labute approximate surface area is 97.6 Å². The molecule has 1 rings (SSSR count). The summed E-state index contributed by atoms with van der Waals surface area (Å²) >= 11 is 0. The first kappa shape index (κ1) is 12.9. The zero-order valence-corrected chi connectivity index (χ0v) is 9.21. The third-order valence-corrected chi connectivity index (χ3v) is 1.89. The van der Waals surface area contributed by atoms with Gasteiger partial charge in [0.15, 0.2) is 0 Å². The van der Waals surface area contributed by atoms with Crippen LogP contribution in [0.15, 0.2) is 24.3 Å². The molecule has 0 radical (unpaired) electrons. The van der Waals surface area contributed by atoms with Crippen LogP contribution in [0.1, 0.15) is 6.92 Å². The maximum Gasteiger partial charge on any atom is 0.319 e. The van der Waals surface area contributed by atoms with E-state index in [2.05, 4.69) is 10.6 Å². The van der Waals surface area contributed by atoms with E-state index in [0.717, 1.165) is 0 Å². The number of amides is 2. The van der Waals surface area contributed by atoms with Crippen LogP contribution in [0, 0.1) is 10.1 Å². The van der Waals surface area contributed by atoms with E-state index in [1.54, 1.807) is 6.92 Å². The van der Waals surface area contributed by atoms with Crippen molar-refractivity contribution in [1.82, 2.24) is 5.32 Å². The summed E-state index contributed by atoms with van der Waals surface area (Å²) in [5.41, 5.74) is 0.402. The largest absolute Gasteiger partial charge is 0.392 e. The summed E-state index contributed by atoms with van der Waals surface area (Å²) in [6.07, 6.45) is -0.627. The molecule has 0 aliphatic carbocycles. The number of nitrogens with zero attached hydrogens (tertiary/aromatic N) is 1. The average molecular weight is 239 g/mol. The molecule has 0 fully saturated rings. The molecule has 1 atom stereocenters. The number of non-ortho nitro benzene ring substituents is 1. The minimum Gasteiger partial charge on any atom is -0.392 e. The van der Waals surface area contributed by atoms with Gasteiger partial charge >= 0.3 is 6.03 Å². The predicted octanol–water partition coefficient (Wildman–Crippen LogP) is 1.10. The summed E-state index contributed by atoms with van der Waals surface area (Å²) in [7, 11) is 0. The number of nitrogens with one attached hydrogen (secondary N) is 2. The van der Waals surface area contributed by atoms with Gasteiger partial charge in [0.2, 0.25) is 0 Å². The van der Waals surface area contributed by atoms with E-state index in [9.17, 15) is 14.9 Å². The number of benzene rings is 1. The molecule has 0 aliphatic heterocycles. The van der Waals surface area contributed by atoms with E-state index in [0.29, 0.717) is 5.69 Å². The molecule has 3 N–H and O–H groups in total. The quantitative estimate of drug-likeness (QED) is 0.540. The molecule has 0 aliphatic rings. The maximum absolute atomic E-state index is 11.3. The molecule has 0 spiro atoms. The second-order valence-electron chi connectivity index (χ2n) is 3.49. The van der Waals surface area contributed by atoms with E-state index in [1.165, 1.54) is 24.3 Å². The molecular weight excluding hydrogens is 226 g/mol. The first-order chi connectivity index (χ1) is 7.99. The highest BCUT2D eigenvalue weighted by Crippen LogP contribution is 2.14. The topological polar surface area (TPSA) is 104 Å². The fraction of sp³-hybridized carbons (Fsp3) is 0.300.